The van der Waals surface area contributed by atoms with Crippen LogP contribution < -0.4 is 5.32 Å². The molecule has 1 aliphatic carbocycles. The van der Waals surface area contributed by atoms with Gasteiger partial charge in [-0.25, -0.2) is 4.39 Å². The molecule has 0 amide bonds. The van der Waals surface area contributed by atoms with Gasteiger partial charge in [0, 0.05) is 17.6 Å². The fourth-order valence-electron chi connectivity index (χ4n) is 2.32. The molecule has 0 saturated heterocycles. The molecule has 2 aromatic rings. The summed E-state index contributed by atoms with van der Waals surface area (Å²) >= 11 is 6.08. The lowest BCUT2D eigenvalue weighted by molar-refractivity contribution is 0.628. The highest BCUT2D eigenvalue weighted by Crippen LogP contribution is 2.29. The van der Waals surface area contributed by atoms with E-state index in [1.54, 1.807) is 6.07 Å². The normalized spacial score (nSPS) is 14.0. The van der Waals surface area contributed by atoms with Crippen molar-refractivity contribution in [2.24, 2.45) is 0 Å². The molecule has 0 heterocycles. The highest BCUT2D eigenvalue weighted by Gasteiger charge is 2.20. The van der Waals surface area contributed by atoms with Gasteiger partial charge < -0.3 is 5.32 Å². The molecule has 0 radical (unpaired) electrons. The molecule has 0 bridgehead atoms. The molecule has 1 fully saturated rings. The summed E-state index contributed by atoms with van der Waals surface area (Å²) in [6.45, 7) is 0.718. The van der Waals surface area contributed by atoms with E-state index in [0.717, 1.165) is 17.7 Å². The third-order valence-electron chi connectivity index (χ3n) is 3.57. The molecule has 0 spiro atoms. The Kier molecular flexibility index (Phi) is 3.92. The van der Waals surface area contributed by atoms with Crippen molar-refractivity contribution in [3.63, 3.8) is 0 Å². The molecule has 2 nitrogen and oxygen atoms in total. The van der Waals surface area contributed by atoms with Gasteiger partial charge in [0.15, 0.2) is 0 Å². The second kappa shape index (κ2) is 5.85. The fourth-order valence-corrected chi connectivity index (χ4v) is 2.50. The van der Waals surface area contributed by atoms with Crippen molar-refractivity contribution in [2.45, 2.75) is 25.4 Å². The predicted octanol–water partition coefficient (Wildman–Crippen LogP) is 4.27. The molecule has 0 aromatic heterocycles. The Labute approximate surface area is 128 Å². The van der Waals surface area contributed by atoms with Crippen LogP contribution in [0.3, 0.4) is 0 Å². The number of rotatable bonds is 4. The van der Waals surface area contributed by atoms with Gasteiger partial charge in [-0.15, -0.1) is 0 Å². The zero-order valence-corrected chi connectivity index (χ0v) is 12.1. The van der Waals surface area contributed by atoms with E-state index in [4.69, 9.17) is 16.9 Å². The molecule has 2 aromatic carbocycles. The van der Waals surface area contributed by atoms with Crippen LogP contribution in [0.1, 0.15) is 24.0 Å². The summed E-state index contributed by atoms with van der Waals surface area (Å²) in [5, 5.41) is 13.0. The summed E-state index contributed by atoms with van der Waals surface area (Å²) < 4.78 is 13.7. The summed E-state index contributed by atoms with van der Waals surface area (Å²) in [5.74, 6) is -0.412. The van der Waals surface area contributed by atoms with Crippen molar-refractivity contribution in [3.8, 4) is 17.2 Å². The van der Waals surface area contributed by atoms with Gasteiger partial charge in [-0.2, -0.15) is 5.26 Å². The van der Waals surface area contributed by atoms with Gasteiger partial charge in [0.2, 0.25) is 0 Å². The average Bonchev–Trinajstić information content (AvgIpc) is 3.29. The summed E-state index contributed by atoms with van der Waals surface area (Å²) in [7, 11) is 0. The van der Waals surface area contributed by atoms with Crippen molar-refractivity contribution in [1.82, 2.24) is 5.32 Å². The molecule has 4 heteroatoms. The van der Waals surface area contributed by atoms with Crippen LogP contribution in [0.5, 0.6) is 0 Å². The standard InChI is InChI=1S/C17H14ClFN2/c18-14-2-1-12(10-21-16-3-4-16)17(8-14)13-5-11(9-20)6-15(19)7-13/h1-2,5-8,16,21H,3-4,10H2. The first-order valence-corrected chi connectivity index (χ1v) is 7.26. The highest BCUT2D eigenvalue weighted by atomic mass is 35.5. The van der Waals surface area contributed by atoms with E-state index in [9.17, 15) is 4.39 Å². The lowest BCUT2D eigenvalue weighted by Gasteiger charge is -2.12. The number of nitrogens with zero attached hydrogens (tertiary/aromatic N) is 1. The Morgan fingerprint density at radius 3 is 2.76 bits per heavy atom. The van der Waals surface area contributed by atoms with Crippen LogP contribution in [0, 0.1) is 17.1 Å². The van der Waals surface area contributed by atoms with Crippen LogP contribution in [-0.4, -0.2) is 6.04 Å². The van der Waals surface area contributed by atoms with Crippen LogP contribution in [0.25, 0.3) is 11.1 Å². The van der Waals surface area contributed by atoms with E-state index in [2.05, 4.69) is 5.32 Å². The molecule has 1 N–H and O–H groups in total. The van der Waals surface area contributed by atoms with E-state index >= 15 is 0 Å². The third kappa shape index (κ3) is 3.41. The number of hydrogen-bond acceptors (Lipinski definition) is 2. The lowest BCUT2D eigenvalue weighted by atomic mass is 9.98. The topological polar surface area (TPSA) is 35.8 Å². The molecular weight excluding hydrogens is 287 g/mol. The maximum atomic E-state index is 13.7. The maximum absolute atomic E-state index is 13.7. The van der Waals surface area contributed by atoms with Gasteiger partial charge in [0.1, 0.15) is 5.82 Å². The van der Waals surface area contributed by atoms with Crippen LogP contribution >= 0.6 is 11.6 Å². The zero-order chi connectivity index (χ0) is 14.8. The van der Waals surface area contributed by atoms with Crippen molar-refractivity contribution in [2.75, 3.05) is 0 Å². The number of hydrogen-bond donors (Lipinski definition) is 1. The average molecular weight is 301 g/mol. The Bertz CT molecular complexity index is 717. The Morgan fingerprint density at radius 2 is 2.05 bits per heavy atom. The first-order valence-electron chi connectivity index (χ1n) is 6.88. The van der Waals surface area contributed by atoms with Gasteiger partial charge in [-0.1, -0.05) is 17.7 Å². The van der Waals surface area contributed by atoms with Crippen LogP contribution in [0.15, 0.2) is 36.4 Å². The fraction of sp³-hybridized carbons (Fsp3) is 0.235. The van der Waals surface area contributed by atoms with Gasteiger partial charge in [0.25, 0.3) is 0 Å². The molecular formula is C17H14ClFN2. The maximum Gasteiger partial charge on any atom is 0.125 e. The van der Waals surface area contributed by atoms with Crippen molar-refractivity contribution >= 4 is 11.6 Å². The Morgan fingerprint density at radius 1 is 1.24 bits per heavy atom. The second-order valence-corrected chi connectivity index (χ2v) is 5.73. The molecule has 21 heavy (non-hydrogen) atoms. The summed E-state index contributed by atoms with van der Waals surface area (Å²) in [6.07, 6.45) is 2.42. The minimum Gasteiger partial charge on any atom is -0.310 e. The van der Waals surface area contributed by atoms with Gasteiger partial charge in [-0.3, -0.25) is 0 Å². The van der Waals surface area contributed by atoms with Crippen LogP contribution in [0.4, 0.5) is 4.39 Å². The predicted molar refractivity (Wildman–Crippen MR) is 81.4 cm³/mol. The minimum atomic E-state index is -0.412. The Hall–Kier alpha value is -1.89. The molecule has 0 aliphatic heterocycles. The molecule has 106 valence electrons. The third-order valence-corrected chi connectivity index (χ3v) is 3.80. The highest BCUT2D eigenvalue weighted by molar-refractivity contribution is 6.30. The zero-order valence-electron chi connectivity index (χ0n) is 11.4. The number of benzene rings is 2. The van der Waals surface area contributed by atoms with Crippen LogP contribution in [0.2, 0.25) is 5.02 Å². The molecule has 1 aliphatic rings. The Balaban J connectivity index is 2.00. The summed E-state index contributed by atoms with van der Waals surface area (Å²) in [6, 6.07) is 12.5. The SMILES string of the molecule is N#Cc1cc(F)cc(-c2cc(Cl)ccc2CNC2CC2)c1. The second-order valence-electron chi connectivity index (χ2n) is 5.30. The van der Waals surface area contributed by atoms with Crippen LogP contribution in [-0.2, 0) is 6.54 Å². The van der Waals surface area contributed by atoms with E-state index in [-0.39, 0.29) is 0 Å². The van der Waals surface area contributed by atoms with Crippen molar-refractivity contribution < 1.29 is 4.39 Å². The van der Waals surface area contributed by atoms with Gasteiger partial charge >= 0.3 is 0 Å². The monoisotopic (exact) mass is 300 g/mol. The number of halogens is 2. The molecule has 0 atom stereocenters. The van der Waals surface area contributed by atoms with E-state index in [1.807, 2.05) is 24.3 Å². The van der Waals surface area contributed by atoms with Crippen molar-refractivity contribution in [1.29, 1.82) is 5.26 Å². The molecule has 1 saturated carbocycles. The smallest absolute Gasteiger partial charge is 0.125 e. The number of nitriles is 1. The summed E-state index contributed by atoms with van der Waals surface area (Å²) in [5.41, 5.74) is 2.92. The van der Waals surface area contributed by atoms with Gasteiger partial charge in [0.05, 0.1) is 11.6 Å². The molecule has 0 unspecified atom stereocenters. The van der Waals surface area contributed by atoms with E-state index in [1.165, 1.54) is 25.0 Å². The van der Waals surface area contributed by atoms with Gasteiger partial charge in [-0.05, 0) is 59.9 Å². The largest absolute Gasteiger partial charge is 0.310 e. The first kappa shape index (κ1) is 14.1. The van der Waals surface area contributed by atoms with E-state index in [0.29, 0.717) is 22.2 Å². The molecule has 3 rings (SSSR count). The number of nitrogens with one attached hydrogen (secondary N) is 1. The minimum absolute atomic E-state index is 0.311. The van der Waals surface area contributed by atoms with E-state index < -0.39 is 5.82 Å². The first-order chi connectivity index (χ1) is 10.2. The lowest BCUT2D eigenvalue weighted by Crippen LogP contribution is -2.15. The summed E-state index contributed by atoms with van der Waals surface area (Å²) in [4.78, 5) is 0. The quantitative estimate of drug-likeness (QED) is 0.915. The van der Waals surface area contributed by atoms with Crippen molar-refractivity contribution in [3.05, 3.63) is 58.4 Å².